The molecule has 1 aliphatic heterocycles. The van der Waals surface area contributed by atoms with Gasteiger partial charge in [0.1, 0.15) is 11.5 Å². The van der Waals surface area contributed by atoms with Crippen LogP contribution >= 0.6 is 0 Å². The molecule has 1 N–H and O–H groups in total. The van der Waals surface area contributed by atoms with Crippen LogP contribution in [0.3, 0.4) is 0 Å². The van der Waals surface area contributed by atoms with Crippen molar-refractivity contribution in [1.82, 2.24) is 15.3 Å². The fourth-order valence-corrected chi connectivity index (χ4v) is 2.34. The van der Waals surface area contributed by atoms with Gasteiger partial charge in [0.25, 0.3) is 6.43 Å². The summed E-state index contributed by atoms with van der Waals surface area (Å²) in [5.74, 6) is -0.0900. The number of hydrogen-bond donors (Lipinski definition) is 1. The van der Waals surface area contributed by atoms with Crippen LogP contribution in [0.25, 0.3) is 11.3 Å². The number of aromatic nitrogens is 2. The van der Waals surface area contributed by atoms with E-state index in [9.17, 15) is 13.2 Å². The lowest BCUT2D eigenvalue weighted by molar-refractivity contribution is 0.146. The molecule has 2 heterocycles. The third-order valence-corrected chi connectivity index (χ3v) is 3.50. The summed E-state index contributed by atoms with van der Waals surface area (Å²) < 4.78 is 39.2. The first-order chi connectivity index (χ1) is 10.6. The Kier molecular flexibility index (Phi) is 4.24. The second-order valence-corrected chi connectivity index (χ2v) is 5.02. The van der Waals surface area contributed by atoms with Crippen LogP contribution in [0.5, 0.6) is 0 Å². The van der Waals surface area contributed by atoms with Crippen LogP contribution in [-0.2, 0) is 0 Å². The summed E-state index contributed by atoms with van der Waals surface area (Å²) in [6.45, 7) is 2.84. The molecule has 2 aromatic rings. The van der Waals surface area contributed by atoms with Crippen LogP contribution in [0.2, 0.25) is 0 Å². The van der Waals surface area contributed by atoms with E-state index in [4.69, 9.17) is 0 Å². The highest BCUT2D eigenvalue weighted by Crippen LogP contribution is 2.26. The predicted octanol–water partition coefficient (Wildman–Crippen LogP) is 2.63. The Balaban J connectivity index is 2.01. The van der Waals surface area contributed by atoms with Crippen LogP contribution in [-0.4, -0.2) is 36.1 Å². The first-order valence-electron chi connectivity index (χ1n) is 7.02. The van der Waals surface area contributed by atoms with E-state index in [0.717, 1.165) is 13.1 Å². The quantitative estimate of drug-likeness (QED) is 0.946. The van der Waals surface area contributed by atoms with Crippen molar-refractivity contribution in [1.29, 1.82) is 0 Å². The van der Waals surface area contributed by atoms with Crippen LogP contribution in [0.4, 0.5) is 19.1 Å². The molecule has 4 nitrogen and oxygen atoms in total. The van der Waals surface area contributed by atoms with Gasteiger partial charge >= 0.3 is 0 Å². The number of nitrogens with one attached hydrogen (secondary N) is 1. The third kappa shape index (κ3) is 3.19. The van der Waals surface area contributed by atoms with Gasteiger partial charge in [-0.25, -0.2) is 23.1 Å². The SMILES string of the molecule is Fc1ccc(-c2cc(C(F)F)nc(N3CCNCC3)n2)cc1. The topological polar surface area (TPSA) is 41.1 Å². The molecule has 3 rings (SSSR count). The summed E-state index contributed by atoms with van der Waals surface area (Å²) in [5, 5.41) is 3.19. The van der Waals surface area contributed by atoms with Crippen LogP contribution in [0.1, 0.15) is 12.1 Å². The van der Waals surface area contributed by atoms with E-state index in [2.05, 4.69) is 15.3 Å². The molecule has 22 heavy (non-hydrogen) atoms. The highest BCUT2D eigenvalue weighted by atomic mass is 19.3. The van der Waals surface area contributed by atoms with Crippen molar-refractivity contribution < 1.29 is 13.2 Å². The number of halogens is 3. The maximum absolute atomic E-state index is 13.1. The number of alkyl halides is 2. The van der Waals surface area contributed by atoms with Crippen LogP contribution in [0, 0.1) is 5.82 Å². The fraction of sp³-hybridized carbons (Fsp3) is 0.333. The van der Waals surface area contributed by atoms with E-state index < -0.39 is 6.43 Å². The van der Waals surface area contributed by atoms with Gasteiger partial charge in [-0.1, -0.05) is 0 Å². The molecule has 7 heteroatoms. The monoisotopic (exact) mass is 308 g/mol. The smallest absolute Gasteiger partial charge is 0.280 e. The maximum atomic E-state index is 13.1. The van der Waals surface area contributed by atoms with Gasteiger partial charge < -0.3 is 10.2 Å². The van der Waals surface area contributed by atoms with Gasteiger partial charge in [0, 0.05) is 31.7 Å². The zero-order chi connectivity index (χ0) is 15.5. The lowest BCUT2D eigenvalue weighted by atomic mass is 10.1. The second kappa shape index (κ2) is 6.31. The minimum absolute atomic E-state index is 0.290. The predicted molar refractivity (Wildman–Crippen MR) is 77.5 cm³/mol. The molecule has 0 saturated carbocycles. The summed E-state index contributed by atoms with van der Waals surface area (Å²) in [7, 11) is 0. The summed E-state index contributed by atoms with van der Waals surface area (Å²) in [4.78, 5) is 10.2. The largest absolute Gasteiger partial charge is 0.338 e. The van der Waals surface area contributed by atoms with Gasteiger partial charge in [0.2, 0.25) is 5.95 Å². The molecular weight excluding hydrogens is 293 g/mol. The molecule has 0 radical (unpaired) electrons. The Bertz CT molecular complexity index is 640. The third-order valence-electron chi connectivity index (χ3n) is 3.50. The highest BCUT2D eigenvalue weighted by molar-refractivity contribution is 5.61. The van der Waals surface area contributed by atoms with Crippen molar-refractivity contribution in [2.45, 2.75) is 6.43 Å². The average molecular weight is 308 g/mol. The van der Waals surface area contributed by atoms with E-state index in [0.29, 0.717) is 30.3 Å². The average Bonchev–Trinajstić information content (AvgIpc) is 2.56. The van der Waals surface area contributed by atoms with Gasteiger partial charge in [-0.05, 0) is 30.3 Å². The van der Waals surface area contributed by atoms with Crippen LogP contribution < -0.4 is 10.2 Å². The van der Waals surface area contributed by atoms with E-state index in [1.807, 2.05) is 4.90 Å². The lowest BCUT2D eigenvalue weighted by Crippen LogP contribution is -2.44. The van der Waals surface area contributed by atoms with Crippen LogP contribution in [0.15, 0.2) is 30.3 Å². The highest BCUT2D eigenvalue weighted by Gasteiger charge is 2.19. The first kappa shape index (κ1) is 14.8. The fourth-order valence-electron chi connectivity index (χ4n) is 2.34. The van der Waals surface area contributed by atoms with Crippen molar-refractivity contribution >= 4 is 5.95 Å². The summed E-state index contributed by atoms with van der Waals surface area (Å²) in [6.07, 6.45) is -2.68. The molecular formula is C15H15F3N4. The Labute approximate surface area is 126 Å². The van der Waals surface area contributed by atoms with Gasteiger partial charge in [-0.3, -0.25) is 0 Å². The molecule has 0 amide bonds. The maximum Gasteiger partial charge on any atom is 0.280 e. The van der Waals surface area contributed by atoms with Crippen molar-refractivity contribution in [3.8, 4) is 11.3 Å². The normalized spacial score (nSPS) is 15.4. The Morgan fingerprint density at radius 1 is 1.05 bits per heavy atom. The first-order valence-corrected chi connectivity index (χ1v) is 7.02. The molecule has 1 saturated heterocycles. The minimum Gasteiger partial charge on any atom is -0.338 e. The zero-order valence-electron chi connectivity index (χ0n) is 11.8. The molecule has 116 valence electrons. The van der Waals surface area contributed by atoms with Gasteiger partial charge in [0.05, 0.1) is 5.69 Å². The van der Waals surface area contributed by atoms with Crippen molar-refractivity contribution in [2.24, 2.45) is 0 Å². The van der Waals surface area contributed by atoms with E-state index in [-0.39, 0.29) is 11.5 Å². The van der Waals surface area contributed by atoms with Crippen molar-refractivity contribution in [3.63, 3.8) is 0 Å². The lowest BCUT2D eigenvalue weighted by Gasteiger charge is -2.28. The molecule has 1 fully saturated rings. The van der Waals surface area contributed by atoms with E-state index >= 15 is 0 Å². The summed E-state index contributed by atoms with van der Waals surface area (Å²) in [6, 6.07) is 6.86. The van der Waals surface area contributed by atoms with E-state index in [1.54, 1.807) is 0 Å². The number of rotatable bonds is 3. The Morgan fingerprint density at radius 2 is 1.73 bits per heavy atom. The summed E-state index contributed by atoms with van der Waals surface area (Å²) in [5.41, 5.74) is 0.642. The molecule has 1 aliphatic rings. The molecule has 0 aliphatic carbocycles. The number of hydrogen-bond acceptors (Lipinski definition) is 4. The molecule has 0 bridgehead atoms. The van der Waals surface area contributed by atoms with Crippen molar-refractivity contribution in [2.75, 3.05) is 31.1 Å². The zero-order valence-corrected chi connectivity index (χ0v) is 11.8. The molecule has 0 spiro atoms. The minimum atomic E-state index is -2.68. The number of anilines is 1. The molecule has 1 aromatic carbocycles. The Hall–Kier alpha value is -2.15. The molecule has 0 atom stereocenters. The van der Waals surface area contributed by atoms with Gasteiger partial charge in [-0.2, -0.15) is 0 Å². The Morgan fingerprint density at radius 3 is 2.36 bits per heavy atom. The standard InChI is InChI=1S/C15H15F3N4/c16-11-3-1-10(2-4-11)12-9-13(14(17)18)21-15(20-12)22-7-5-19-6-8-22/h1-4,9,14,19H,5-8H2. The number of piperazine rings is 1. The van der Waals surface area contributed by atoms with Gasteiger partial charge in [0.15, 0.2) is 0 Å². The molecule has 1 aromatic heterocycles. The van der Waals surface area contributed by atoms with Gasteiger partial charge in [-0.15, -0.1) is 0 Å². The molecule has 0 unspecified atom stereocenters. The second-order valence-electron chi connectivity index (χ2n) is 5.02. The van der Waals surface area contributed by atoms with E-state index in [1.165, 1.54) is 30.3 Å². The number of benzene rings is 1. The van der Waals surface area contributed by atoms with Crippen molar-refractivity contribution in [3.05, 3.63) is 41.8 Å². The number of nitrogens with zero attached hydrogens (tertiary/aromatic N) is 3. The summed E-state index contributed by atoms with van der Waals surface area (Å²) >= 11 is 0.